The van der Waals surface area contributed by atoms with Crippen LogP contribution in [0, 0.1) is 34.5 Å². The lowest BCUT2D eigenvalue weighted by Gasteiger charge is -2.63. The van der Waals surface area contributed by atoms with Crippen LogP contribution < -0.4 is 26.0 Å². The molecule has 1 saturated carbocycles. The molecule has 2 aliphatic rings. The van der Waals surface area contributed by atoms with Gasteiger partial charge in [0.05, 0.1) is 50.7 Å². The van der Waals surface area contributed by atoms with Crippen molar-refractivity contribution in [1.29, 1.82) is 5.26 Å². The van der Waals surface area contributed by atoms with Crippen molar-refractivity contribution in [2.75, 3.05) is 31.6 Å². The van der Waals surface area contributed by atoms with Crippen molar-refractivity contribution in [2.24, 2.45) is 16.2 Å². The lowest BCUT2D eigenvalue weighted by atomic mass is 9.49. The molecule has 15 nitrogen and oxygen atoms in total. The summed E-state index contributed by atoms with van der Waals surface area (Å²) in [7, 11) is 0. The number of carbonyl (C=O) groups is 4. The number of rotatable bonds is 19. The van der Waals surface area contributed by atoms with Gasteiger partial charge in [-0.15, -0.1) is 11.3 Å². The number of pyridine rings is 1. The number of aliphatic hydroxyl groups excluding tert-OH is 1. The molecule has 2 aromatic carbocycles. The highest BCUT2D eigenvalue weighted by molar-refractivity contribution is 7.13. The average molecular weight is 970 g/mol. The van der Waals surface area contributed by atoms with Crippen LogP contribution >= 0.6 is 22.9 Å². The second-order valence-corrected chi connectivity index (χ2v) is 21.4. The van der Waals surface area contributed by atoms with Crippen molar-refractivity contribution >= 4 is 52.3 Å². The van der Waals surface area contributed by atoms with Crippen LogP contribution in [0.15, 0.2) is 66.3 Å². The zero-order valence-corrected chi connectivity index (χ0v) is 42.0. The minimum absolute atomic E-state index is 0.0169. The van der Waals surface area contributed by atoms with Crippen molar-refractivity contribution in [2.45, 2.75) is 124 Å². The lowest BCUT2D eigenvalue weighted by Crippen LogP contribution is -2.74. The fraction of sp³-hybridized carbons (Fsp3) is 0.510. The van der Waals surface area contributed by atoms with Crippen molar-refractivity contribution in [1.82, 2.24) is 30.8 Å². The first-order valence-electron chi connectivity index (χ1n) is 23.1. The predicted octanol–water partition coefficient (Wildman–Crippen LogP) is 7.62. The molecule has 0 radical (unpaired) electrons. The Balaban J connectivity index is 0.887. The van der Waals surface area contributed by atoms with E-state index < -0.39 is 46.2 Å². The van der Waals surface area contributed by atoms with Gasteiger partial charge in [0.25, 0.3) is 5.91 Å². The monoisotopic (exact) mass is 968 g/mol. The van der Waals surface area contributed by atoms with Crippen molar-refractivity contribution in [3.05, 3.63) is 93.8 Å². The van der Waals surface area contributed by atoms with Gasteiger partial charge in [-0.1, -0.05) is 84.3 Å². The molecule has 1 saturated heterocycles. The molecule has 1 aliphatic carbocycles. The smallest absolute Gasteiger partial charge is 0.270 e. The number of aliphatic hydroxyl groups is 1. The molecular formula is C51H65ClN8O7S. The molecule has 2 fully saturated rings. The van der Waals surface area contributed by atoms with E-state index in [1.807, 2.05) is 98.2 Å². The number of hydrogen-bond acceptors (Lipinski definition) is 12. The standard InChI is InChI=1S/C51H65ClN8O7S/c1-30(32-13-15-33(16-14-32)42-31(2)56-29-68-42)57-45(64)40-23-36(61)27-60(40)46(65)43(49(3,4)5)58-41(62)28-66-22-12-10-11-21-54-35-18-20-39(55-26-35)44(63)59-47-50(6,7)48(51(47,8)9)67-37-19-17-34(25-53)38(52)24-37/h13-20,24,26,29-30,36,40,43,47-48,54,61H,10-12,21-23,27-28H2,1-9H3,(H,57,64)(H,58,62)(H,59,63)/t30-,36+,40-,43+,47?,48?/m0/s1. The number of β-amino-alcohol motifs (C(OH)–C–C–N with tert-alkyl or cyclic N) is 1. The molecule has 68 heavy (non-hydrogen) atoms. The summed E-state index contributed by atoms with van der Waals surface area (Å²) in [4.78, 5) is 65.3. The minimum atomic E-state index is -0.957. The van der Waals surface area contributed by atoms with Gasteiger partial charge >= 0.3 is 0 Å². The molecule has 4 amide bonds. The topological polar surface area (TPSA) is 208 Å². The van der Waals surface area contributed by atoms with E-state index in [0.717, 1.165) is 40.2 Å². The summed E-state index contributed by atoms with van der Waals surface area (Å²) in [6.07, 6.45) is 3.00. The molecule has 0 unspecified atom stereocenters. The quantitative estimate of drug-likeness (QED) is 0.0578. The second kappa shape index (κ2) is 21.8. The number of aromatic nitrogens is 2. The summed E-state index contributed by atoms with van der Waals surface area (Å²) in [6, 6.07) is 16.1. The lowest BCUT2D eigenvalue weighted by molar-refractivity contribution is -0.164. The first-order chi connectivity index (χ1) is 32.1. The predicted molar refractivity (Wildman–Crippen MR) is 263 cm³/mol. The summed E-state index contributed by atoms with van der Waals surface area (Å²) in [5.41, 5.74) is 4.68. The van der Waals surface area contributed by atoms with Crippen LogP contribution in [0.25, 0.3) is 10.4 Å². The van der Waals surface area contributed by atoms with Crippen molar-refractivity contribution < 1.29 is 33.8 Å². The van der Waals surface area contributed by atoms with Crippen LogP contribution in [-0.2, 0) is 19.1 Å². The van der Waals surface area contributed by atoms with Gasteiger partial charge in [-0.25, -0.2) is 9.97 Å². The normalized spacial score (nSPS) is 20.3. The number of likely N-dealkylation sites (tertiary alicyclic amines) is 1. The molecule has 2 aromatic heterocycles. The Labute approximate surface area is 408 Å². The number of aryl methyl sites for hydroxylation is 1. The fourth-order valence-corrected chi connectivity index (χ4v) is 10.6. The summed E-state index contributed by atoms with van der Waals surface area (Å²) in [6.45, 7) is 18.3. The Morgan fingerprint density at radius 2 is 1.72 bits per heavy atom. The number of amides is 4. The van der Waals surface area contributed by atoms with E-state index in [-0.39, 0.29) is 49.6 Å². The number of benzene rings is 2. The number of carbonyl (C=O) groups excluding carboxylic acids is 4. The van der Waals surface area contributed by atoms with E-state index >= 15 is 0 Å². The zero-order chi connectivity index (χ0) is 49.6. The molecule has 4 atom stereocenters. The highest BCUT2D eigenvalue weighted by atomic mass is 35.5. The molecule has 17 heteroatoms. The van der Waals surface area contributed by atoms with E-state index in [4.69, 9.17) is 21.1 Å². The maximum atomic E-state index is 14.1. The first-order valence-corrected chi connectivity index (χ1v) is 24.4. The van der Waals surface area contributed by atoms with Gasteiger partial charge < -0.3 is 40.7 Å². The zero-order valence-electron chi connectivity index (χ0n) is 40.4. The van der Waals surface area contributed by atoms with Gasteiger partial charge in [-0.2, -0.15) is 5.26 Å². The Kier molecular flexibility index (Phi) is 16.6. The Morgan fingerprint density at radius 3 is 2.34 bits per heavy atom. The molecule has 1 aliphatic heterocycles. The van der Waals surface area contributed by atoms with Crippen LogP contribution in [0.2, 0.25) is 5.02 Å². The number of halogens is 1. The largest absolute Gasteiger partial charge is 0.489 e. The number of hydrogen-bond donors (Lipinski definition) is 5. The summed E-state index contributed by atoms with van der Waals surface area (Å²) >= 11 is 7.81. The molecule has 3 heterocycles. The van der Waals surface area contributed by atoms with E-state index in [9.17, 15) is 29.5 Å². The maximum absolute atomic E-state index is 14.1. The molecule has 0 spiro atoms. The Hall–Kier alpha value is -5.60. The third kappa shape index (κ3) is 12.2. The summed E-state index contributed by atoms with van der Waals surface area (Å²) in [5, 5.41) is 32.5. The molecule has 364 valence electrons. The molecule has 4 aromatic rings. The van der Waals surface area contributed by atoms with Gasteiger partial charge in [0.1, 0.15) is 42.3 Å². The van der Waals surface area contributed by atoms with Gasteiger partial charge in [0, 0.05) is 49.1 Å². The SMILES string of the molecule is Cc1ncsc1-c1ccc([C@H](C)NC(=O)[C@@H]2C[C@@H](O)CN2C(=O)[C@@H](NC(=O)COCCCCCNc2ccc(C(=O)NC3C(C)(C)C(Oc4ccc(C#N)c(Cl)c4)C3(C)C)nc2)C(C)(C)C)cc1. The Bertz CT molecular complexity index is 2450. The molecule has 6 rings (SSSR count). The summed E-state index contributed by atoms with van der Waals surface area (Å²) < 4.78 is 12.0. The van der Waals surface area contributed by atoms with E-state index in [0.29, 0.717) is 41.6 Å². The average Bonchev–Trinajstić information content (AvgIpc) is 3.91. The van der Waals surface area contributed by atoms with Crippen molar-refractivity contribution in [3.63, 3.8) is 0 Å². The van der Waals surface area contributed by atoms with Gasteiger partial charge in [-0.3, -0.25) is 19.2 Å². The third-order valence-electron chi connectivity index (χ3n) is 13.0. The Morgan fingerprint density at radius 1 is 1.00 bits per heavy atom. The van der Waals surface area contributed by atoms with Crippen LogP contribution in [0.1, 0.15) is 114 Å². The van der Waals surface area contributed by atoms with Crippen LogP contribution in [-0.4, -0.2) is 100 Å². The fourth-order valence-electron chi connectivity index (χ4n) is 9.56. The van der Waals surface area contributed by atoms with E-state index in [1.54, 1.807) is 41.8 Å². The third-order valence-corrected chi connectivity index (χ3v) is 14.3. The second-order valence-electron chi connectivity index (χ2n) is 20.2. The first kappa shape index (κ1) is 51.8. The number of thiazole rings is 1. The van der Waals surface area contributed by atoms with Gasteiger partial charge in [-0.05, 0) is 73.9 Å². The van der Waals surface area contributed by atoms with Crippen molar-refractivity contribution in [3.8, 4) is 22.3 Å². The van der Waals surface area contributed by atoms with Gasteiger partial charge in [0.2, 0.25) is 17.7 Å². The molecule has 5 N–H and O–H groups in total. The number of ether oxygens (including phenoxy) is 2. The number of nitrogens with zero attached hydrogens (tertiary/aromatic N) is 4. The van der Waals surface area contributed by atoms with Crippen LogP contribution in [0.4, 0.5) is 5.69 Å². The van der Waals surface area contributed by atoms with Gasteiger partial charge in [0.15, 0.2) is 0 Å². The summed E-state index contributed by atoms with van der Waals surface area (Å²) in [5.74, 6) is -0.958. The minimum Gasteiger partial charge on any atom is -0.489 e. The van der Waals surface area contributed by atoms with E-state index in [2.05, 4.69) is 37.3 Å². The van der Waals surface area contributed by atoms with E-state index in [1.165, 1.54) is 4.90 Å². The number of nitrogens with one attached hydrogen (secondary N) is 4. The maximum Gasteiger partial charge on any atom is 0.270 e. The number of nitriles is 1. The molecular weight excluding hydrogens is 904 g/mol. The highest BCUT2D eigenvalue weighted by Gasteiger charge is 2.64. The number of unbranched alkanes of at least 4 members (excludes halogenated alkanes) is 2. The molecule has 0 bridgehead atoms. The van der Waals surface area contributed by atoms with Crippen LogP contribution in [0.5, 0.6) is 5.75 Å². The highest BCUT2D eigenvalue weighted by Crippen LogP contribution is 2.55. The number of anilines is 1. The van der Waals surface area contributed by atoms with Crippen LogP contribution in [0.3, 0.4) is 0 Å².